The molecule has 4 heterocycles. The Labute approximate surface area is 150 Å². The summed E-state index contributed by atoms with van der Waals surface area (Å²) in [6.07, 6.45) is 5.11. The van der Waals surface area contributed by atoms with Gasteiger partial charge in [0.2, 0.25) is 11.8 Å². The van der Waals surface area contributed by atoms with E-state index in [9.17, 15) is 9.59 Å². The van der Waals surface area contributed by atoms with Gasteiger partial charge in [-0.2, -0.15) is 0 Å². The first-order chi connectivity index (χ1) is 12.7. The number of nitrogens with one attached hydrogen (secondary N) is 1. The molecule has 1 aromatic carbocycles. The predicted octanol–water partition coefficient (Wildman–Crippen LogP) is 2.20. The van der Waals surface area contributed by atoms with E-state index in [0.717, 1.165) is 11.4 Å². The van der Waals surface area contributed by atoms with Crippen LogP contribution in [0.1, 0.15) is 5.76 Å². The van der Waals surface area contributed by atoms with Crippen molar-refractivity contribution in [3.8, 4) is 0 Å². The third-order valence-electron chi connectivity index (χ3n) is 5.45. The molecule has 2 saturated heterocycles. The number of carbonyl (C=O) groups excluding carboxylic acids is 2. The normalized spacial score (nSPS) is 31.5. The summed E-state index contributed by atoms with van der Waals surface area (Å²) in [7, 11) is 0. The predicted molar refractivity (Wildman–Crippen MR) is 92.9 cm³/mol. The molecule has 6 nitrogen and oxygen atoms in total. The van der Waals surface area contributed by atoms with Gasteiger partial charge in [-0.05, 0) is 24.3 Å². The summed E-state index contributed by atoms with van der Waals surface area (Å²) in [5.74, 6) is -0.517. The van der Waals surface area contributed by atoms with Crippen molar-refractivity contribution in [3.05, 3.63) is 66.6 Å². The number of hydrogen-bond donors (Lipinski definition) is 1. The van der Waals surface area contributed by atoms with Crippen LogP contribution in [0.3, 0.4) is 0 Å². The zero-order valence-electron chi connectivity index (χ0n) is 14.0. The number of amides is 2. The van der Waals surface area contributed by atoms with Crippen molar-refractivity contribution in [2.75, 3.05) is 11.9 Å². The van der Waals surface area contributed by atoms with Crippen molar-refractivity contribution >= 4 is 17.5 Å². The molecule has 132 valence electrons. The minimum atomic E-state index is -0.701. The van der Waals surface area contributed by atoms with E-state index in [1.807, 2.05) is 48.6 Å². The van der Waals surface area contributed by atoms with Crippen LogP contribution in [-0.2, 0) is 20.9 Å². The molecule has 6 heteroatoms. The smallest absolute Gasteiger partial charge is 0.231 e. The number of hydrogen-bond acceptors (Lipinski definition) is 4. The molecule has 1 aromatic heterocycles. The Morgan fingerprint density at radius 2 is 2.08 bits per heavy atom. The van der Waals surface area contributed by atoms with Gasteiger partial charge in [0, 0.05) is 5.69 Å². The topological polar surface area (TPSA) is 71.8 Å². The lowest BCUT2D eigenvalue weighted by molar-refractivity contribution is -0.136. The highest BCUT2D eigenvalue weighted by molar-refractivity contribution is 5.99. The minimum absolute atomic E-state index is 0.0542. The molecular formula is C20H18N2O4. The van der Waals surface area contributed by atoms with Gasteiger partial charge in [-0.3, -0.25) is 9.59 Å². The molecule has 2 bridgehead atoms. The van der Waals surface area contributed by atoms with E-state index < -0.39 is 17.4 Å². The number of rotatable bonds is 4. The van der Waals surface area contributed by atoms with Crippen LogP contribution >= 0.6 is 0 Å². The molecule has 2 fully saturated rings. The fourth-order valence-electron chi connectivity index (χ4n) is 4.35. The SMILES string of the molecule is O=C(Nc1ccccc1)C1C2C=CC3(CN(Cc4ccco4)C(=O)C13)O2. The second-order valence-corrected chi connectivity index (χ2v) is 7.03. The first-order valence-electron chi connectivity index (χ1n) is 8.71. The molecule has 4 unspecified atom stereocenters. The second-order valence-electron chi connectivity index (χ2n) is 7.03. The lowest BCUT2D eigenvalue weighted by Crippen LogP contribution is -2.41. The summed E-state index contributed by atoms with van der Waals surface area (Å²) in [6.45, 7) is 0.832. The molecule has 3 aliphatic rings. The number of fused-ring (bicyclic) bond motifs is 1. The zero-order valence-corrected chi connectivity index (χ0v) is 14.0. The maximum Gasteiger partial charge on any atom is 0.231 e. The molecule has 26 heavy (non-hydrogen) atoms. The van der Waals surface area contributed by atoms with Crippen LogP contribution in [0.15, 0.2) is 65.3 Å². The van der Waals surface area contributed by atoms with Crippen LogP contribution < -0.4 is 5.32 Å². The summed E-state index contributed by atoms with van der Waals surface area (Å²) in [5.41, 5.74) is 0.0173. The number of likely N-dealkylation sites (tertiary alicyclic amines) is 1. The van der Waals surface area contributed by atoms with Crippen molar-refractivity contribution in [1.29, 1.82) is 0 Å². The third kappa shape index (κ3) is 2.22. The molecule has 2 aromatic rings. The van der Waals surface area contributed by atoms with Crippen LogP contribution in [0.2, 0.25) is 0 Å². The maximum absolute atomic E-state index is 13.1. The Balaban J connectivity index is 1.40. The molecule has 4 atom stereocenters. The number of para-hydroxylation sites is 1. The van der Waals surface area contributed by atoms with E-state index in [1.54, 1.807) is 17.2 Å². The largest absolute Gasteiger partial charge is 0.467 e. The van der Waals surface area contributed by atoms with Gasteiger partial charge in [0.25, 0.3) is 0 Å². The van der Waals surface area contributed by atoms with Crippen molar-refractivity contribution < 1.29 is 18.7 Å². The highest BCUT2D eigenvalue weighted by atomic mass is 16.5. The first-order valence-corrected chi connectivity index (χ1v) is 8.71. The Morgan fingerprint density at radius 1 is 1.23 bits per heavy atom. The Morgan fingerprint density at radius 3 is 2.85 bits per heavy atom. The highest BCUT2D eigenvalue weighted by Crippen LogP contribution is 2.52. The van der Waals surface area contributed by atoms with Gasteiger partial charge in [0.1, 0.15) is 11.4 Å². The molecule has 1 spiro atoms. The standard InChI is InChI=1S/C20H18N2O4/c23-18(21-13-5-2-1-3-6-13)16-15-8-9-20(26-15)12-22(19(24)17(16)20)11-14-7-4-10-25-14/h1-10,15-17H,11-12H2,(H,21,23). The molecule has 0 radical (unpaired) electrons. The number of carbonyl (C=O) groups is 2. The van der Waals surface area contributed by atoms with Gasteiger partial charge < -0.3 is 19.4 Å². The lowest BCUT2D eigenvalue weighted by Gasteiger charge is -2.23. The van der Waals surface area contributed by atoms with E-state index in [2.05, 4.69) is 5.32 Å². The quantitative estimate of drug-likeness (QED) is 0.858. The monoisotopic (exact) mass is 350 g/mol. The van der Waals surface area contributed by atoms with Crippen LogP contribution in [0, 0.1) is 11.8 Å². The van der Waals surface area contributed by atoms with Crippen molar-refractivity contribution in [2.24, 2.45) is 11.8 Å². The second kappa shape index (κ2) is 5.57. The van der Waals surface area contributed by atoms with Gasteiger partial charge in [-0.1, -0.05) is 30.4 Å². The summed E-state index contributed by atoms with van der Waals surface area (Å²) in [5, 5.41) is 2.92. The minimum Gasteiger partial charge on any atom is -0.467 e. The number of ether oxygens (including phenoxy) is 1. The van der Waals surface area contributed by atoms with Gasteiger partial charge in [0.05, 0.1) is 37.3 Å². The van der Waals surface area contributed by atoms with Gasteiger partial charge in [0.15, 0.2) is 0 Å². The van der Waals surface area contributed by atoms with E-state index >= 15 is 0 Å². The average molecular weight is 350 g/mol. The van der Waals surface area contributed by atoms with Gasteiger partial charge >= 0.3 is 0 Å². The summed E-state index contributed by atoms with van der Waals surface area (Å²) in [4.78, 5) is 27.7. The van der Waals surface area contributed by atoms with Crippen molar-refractivity contribution in [2.45, 2.75) is 18.2 Å². The Kier molecular flexibility index (Phi) is 3.30. The van der Waals surface area contributed by atoms with Gasteiger partial charge in [-0.15, -0.1) is 0 Å². The fraction of sp³-hybridized carbons (Fsp3) is 0.300. The first kappa shape index (κ1) is 15.4. The Hall–Kier alpha value is -2.86. The Bertz CT molecular complexity index is 876. The van der Waals surface area contributed by atoms with E-state index in [-0.39, 0.29) is 17.9 Å². The van der Waals surface area contributed by atoms with Crippen molar-refractivity contribution in [3.63, 3.8) is 0 Å². The van der Waals surface area contributed by atoms with Crippen molar-refractivity contribution in [1.82, 2.24) is 4.90 Å². The number of anilines is 1. The van der Waals surface area contributed by atoms with E-state index in [1.165, 1.54) is 0 Å². The summed E-state index contributed by atoms with van der Waals surface area (Å²) in [6, 6.07) is 12.9. The molecular weight excluding hydrogens is 332 g/mol. The van der Waals surface area contributed by atoms with Crippen LogP contribution in [0.25, 0.3) is 0 Å². The van der Waals surface area contributed by atoms with Crippen LogP contribution in [-0.4, -0.2) is 35.0 Å². The molecule has 1 N–H and O–H groups in total. The number of nitrogens with zero attached hydrogens (tertiary/aromatic N) is 1. The van der Waals surface area contributed by atoms with E-state index in [4.69, 9.17) is 9.15 Å². The molecule has 2 amide bonds. The molecule has 3 aliphatic heterocycles. The van der Waals surface area contributed by atoms with Crippen LogP contribution in [0.4, 0.5) is 5.69 Å². The number of furan rings is 1. The zero-order chi connectivity index (χ0) is 17.7. The third-order valence-corrected chi connectivity index (χ3v) is 5.45. The maximum atomic E-state index is 13.1. The van der Waals surface area contributed by atoms with E-state index in [0.29, 0.717) is 13.1 Å². The lowest BCUT2D eigenvalue weighted by atomic mass is 9.77. The van der Waals surface area contributed by atoms with Crippen LogP contribution in [0.5, 0.6) is 0 Å². The van der Waals surface area contributed by atoms with Gasteiger partial charge in [-0.25, -0.2) is 0 Å². The molecule has 0 aliphatic carbocycles. The number of benzene rings is 1. The fourth-order valence-corrected chi connectivity index (χ4v) is 4.35. The summed E-state index contributed by atoms with van der Waals surface area (Å²) < 4.78 is 11.5. The molecule has 0 saturated carbocycles. The molecule has 5 rings (SSSR count). The summed E-state index contributed by atoms with van der Waals surface area (Å²) >= 11 is 0. The highest BCUT2D eigenvalue weighted by Gasteiger charge is 2.66. The average Bonchev–Trinajstić information content (AvgIpc) is 3.39.